The van der Waals surface area contributed by atoms with Crippen molar-refractivity contribution < 1.29 is 0 Å². The van der Waals surface area contributed by atoms with Crippen LogP contribution >= 0.6 is 11.6 Å². The first kappa shape index (κ1) is 18.9. The Hall–Kier alpha value is -4.07. The standard InChI is InChI=1S/C26H17ClN4/c27-22-6-2-4-18(12-22)17-3-1-5-19(11-17)24-16-29-15-21(14-28)26(24)31-23-7-8-25-20(13-23)9-10-30-25/h1-13,15-16,30H,(H,29,31). The van der Waals surface area contributed by atoms with E-state index in [-0.39, 0.29) is 0 Å². The average molecular weight is 421 g/mol. The van der Waals surface area contributed by atoms with Gasteiger partial charge in [0, 0.05) is 45.8 Å². The molecule has 0 atom stereocenters. The topological polar surface area (TPSA) is 64.5 Å². The minimum atomic E-state index is 0.486. The molecular formula is C26H17ClN4. The lowest BCUT2D eigenvalue weighted by Crippen LogP contribution is -1.98. The van der Waals surface area contributed by atoms with Gasteiger partial charge in [0.05, 0.1) is 11.3 Å². The van der Waals surface area contributed by atoms with E-state index in [0.29, 0.717) is 10.6 Å². The second-order valence-corrected chi connectivity index (χ2v) is 7.65. The van der Waals surface area contributed by atoms with Crippen LogP contribution in [0, 0.1) is 11.3 Å². The van der Waals surface area contributed by atoms with Crippen molar-refractivity contribution in [1.29, 1.82) is 5.26 Å². The lowest BCUT2D eigenvalue weighted by atomic mass is 9.98. The van der Waals surface area contributed by atoms with Crippen LogP contribution in [0.2, 0.25) is 5.02 Å². The molecule has 31 heavy (non-hydrogen) atoms. The maximum Gasteiger partial charge on any atom is 0.103 e. The zero-order valence-corrected chi connectivity index (χ0v) is 17.2. The maximum absolute atomic E-state index is 9.72. The summed E-state index contributed by atoms with van der Waals surface area (Å²) in [4.78, 5) is 7.50. The molecule has 5 aromatic rings. The molecule has 148 valence electrons. The van der Waals surface area contributed by atoms with Gasteiger partial charge in [-0.25, -0.2) is 0 Å². The van der Waals surface area contributed by atoms with E-state index < -0.39 is 0 Å². The van der Waals surface area contributed by atoms with Crippen LogP contribution in [0.5, 0.6) is 0 Å². The van der Waals surface area contributed by atoms with Crippen molar-refractivity contribution in [3.05, 3.63) is 102 Å². The summed E-state index contributed by atoms with van der Waals surface area (Å²) in [6.07, 6.45) is 5.28. The average Bonchev–Trinajstić information content (AvgIpc) is 3.27. The van der Waals surface area contributed by atoms with E-state index in [4.69, 9.17) is 11.6 Å². The molecule has 2 aromatic heterocycles. The highest BCUT2D eigenvalue weighted by atomic mass is 35.5. The van der Waals surface area contributed by atoms with Gasteiger partial charge in [-0.15, -0.1) is 0 Å². The summed E-state index contributed by atoms with van der Waals surface area (Å²) in [5.41, 5.74) is 7.09. The molecule has 0 unspecified atom stereocenters. The van der Waals surface area contributed by atoms with Crippen molar-refractivity contribution in [3.63, 3.8) is 0 Å². The van der Waals surface area contributed by atoms with Crippen LogP contribution in [0.1, 0.15) is 5.56 Å². The Labute approximate surface area is 184 Å². The third-order valence-corrected chi connectivity index (χ3v) is 5.46. The van der Waals surface area contributed by atoms with Crippen LogP contribution in [0.25, 0.3) is 33.2 Å². The molecule has 2 heterocycles. The van der Waals surface area contributed by atoms with Crippen molar-refractivity contribution >= 4 is 33.9 Å². The Morgan fingerprint density at radius 2 is 1.68 bits per heavy atom. The number of nitrogens with one attached hydrogen (secondary N) is 2. The van der Waals surface area contributed by atoms with Crippen LogP contribution in [0.4, 0.5) is 11.4 Å². The minimum absolute atomic E-state index is 0.486. The predicted octanol–water partition coefficient (Wildman–Crippen LogP) is 7.17. The number of hydrogen-bond acceptors (Lipinski definition) is 3. The summed E-state index contributed by atoms with van der Waals surface area (Å²) in [5, 5.41) is 15.0. The lowest BCUT2D eigenvalue weighted by Gasteiger charge is -2.15. The molecule has 0 amide bonds. The Bertz CT molecular complexity index is 1450. The molecule has 4 nitrogen and oxygen atoms in total. The normalized spacial score (nSPS) is 10.7. The molecular weight excluding hydrogens is 404 g/mol. The molecule has 0 saturated carbocycles. The number of aromatic amines is 1. The third-order valence-electron chi connectivity index (χ3n) is 5.22. The molecule has 2 N–H and O–H groups in total. The number of hydrogen-bond donors (Lipinski definition) is 2. The number of benzene rings is 3. The van der Waals surface area contributed by atoms with Gasteiger partial charge < -0.3 is 10.3 Å². The first-order valence-electron chi connectivity index (χ1n) is 9.80. The largest absolute Gasteiger partial charge is 0.361 e. The highest BCUT2D eigenvalue weighted by Gasteiger charge is 2.13. The Morgan fingerprint density at radius 3 is 2.52 bits per heavy atom. The number of fused-ring (bicyclic) bond motifs is 1. The van der Waals surface area contributed by atoms with Crippen molar-refractivity contribution in [2.24, 2.45) is 0 Å². The lowest BCUT2D eigenvalue weighted by molar-refractivity contribution is 1.30. The number of H-pyrrole nitrogens is 1. The summed E-state index contributed by atoms with van der Waals surface area (Å²) >= 11 is 6.18. The number of nitriles is 1. The van der Waals surface area contributed by atoms with Crippen LogP contribution in [0.15, 0.2) is 91.4 Å². The molecule has 0 radical (unpaired) electrons. The Balaban J connectivity index is 1.60. The summed E-state index contributed by atoms with van der Waals surface area (Å²) in [6.45, 7) is 0. The van der Waals surface area contributed by atoms with E-state index in [2.05, 4.69) is 33.5 Å². The highest BCUT2D eigenvalue weighted by molar-refractivity contribution is 6.30. The SMILES string of the molecule is N#Cc1cncc(-c2cccc(-c3cccc(Cl)c3)c2)c1Nc1ccc2[nH]ccc2c1. The summed E-state index contributed by atoms with van der Waals surface area (Å²) in [7, 11) is 0. The summed E-state index contributed by atoms with van der Waals surface area (Å²) in [5.74, 6) is 0. The molecule has 5 rings (SSSR count). The van der Waals surface area contributed by atoms with Gasteiger partial charge in [0.2, 0.25) is 0 Å². The number of aromatic nitrogens is 2. The van der Waals surface area contributed by atoms with Gasteiger partial charge in [0.1, 0.15) is 6.07 Å². The van der Waals surface area contributed by atoms with Gasteiger partial charge in [0.15, 0.2) is 0 Å². The predicted molar refractivity (Wildman–Crippen MR) is 126 cm³/mol. The minimum Gasteiger partial charge on any atom is -0.361 e. The molecule has 0 aliphatic carbocycles. The Kier molecular flexibility index (Phi) is 4.87. The molecule has 3 aromatic carbocycles. The molecule has 0 spiro atoms. The number of rotatable bonds is 4. The van der Waals surface area contributed by atoms with Gasteiger partial charge in [-0.3, -0.25) is 4.98 Å². The zero-order chi connectivity index (χ0) is 21.2. The number of nitrogens with zero attached hydrogens (tertiary/aromatic N) is 2. The monoisotopic (exact) mass is 420 g/mol. The fourth-order valence-electron chi connectivity index (χ4n) is 3.71. The Morgan fingerprint density at radius 1 is 0.871 bits per heavy atom. The van der Waals surface area contributed by atoms with Crippen LogP contribution in [-0.4, -0.2) is 9.97 Å². The van der Waals surface area contributed by atoms with Gasteiger partial charge in [-0.1, -0.05) is 41.9 Å². The molecule has 0 aliphatic rings. The van der Waals surface area contributed by atoms with E-state index in [1.807, 2.05) is 66.9 Å². The van der Waals surface area contributed by atoms with Gasteiger partial charge in [-0.05, 0) is 59.2 Å². The first-order chi connectivity index (χ1) is 15.2. The molecule has 5 heteroatoms. The van der Waals surface area contributed by atoms with E-state index >= 15 is 0 Å². The van der Waals surface area contributed by atoms with Crippen LogP contribution in [0.3, 0.4) is 0 Å². The summed E-state index contributed by atoms with van der Waals surface area (Å²) in [6, 6.07) is 26.3. The van der Waals surface area contributed by atoms with E-state index in [0.717, 1.165) is 44.5 Å². The summed E-state index contributed by atoms with van der Waals surface area (Å²) < 4.78 is 0. The second-order valence-electron chi connectivity index (χ2n) is 7.22. The van der Waals surface area contributed by atoms with Crippen molar-refractivity contribution in [2.75, 3.05) is 5.32 Å². The third kappa shape index (κ3) is 3.75. The second kappa shape index (κ2) is 7.98. The van der Waals surface area contributed by atoms with Crippen molar-refractivity contribution in [1.82, 2.24) is 9.97 Å². The van der Waals surface area contributed by atoms with E-state index in [1.54, 1.807) is 12.4 Å². The van der Waals surface area contributed by atoms with Gasteiger partial charge in [-0.2, -0.15) is 5.26 Å². The number of halogens is 1. The fraction of sp³-hybridized carbons (Fsp3) is 0. The van der Waals surface area contributed by atoms with E-state index in [9.17, 15) is 5.26 Å². The zero-order valence-electron chi connectivity index (χ0n) is 16.4. The van der Waals surface area contributed by atoms with Crippen molar-refractivity contribution in [2.45, 2.75) is 0 Å². The smallest absolute Gasteiger partial charge is 0.103 e. The van der Waals surface area contributed by atoms with Crippen molar-refractivity contribution in [3.8, 4) is 28.3 Å². The van der Waals surface area contributed by atoms with Crippen LogP contribution < -0.4 is 5.32 Å². The molecule has 0 fully saturated rings. The van der Waals surface area contributed by atoms with Crippen LogP contribution in [-0.2, 0) is 0 Å². The number of pyridine rings is 1. The molecule has 0 saturated heterocycles. The highest BCUT2D eigenvalue weighted by Crippen LogP contribution is 2.35. The van der Waals surface area contributed by atoms with Gasteiger partial charge >= 0.3 is 0 Å². The van der Waals surface area contributed by atoms with Gasteiger partial charge in [0.25, 0.3) is 0 Å². The maximum atomic E-state index is 9.72. The molecule has 0 bridgehead atoms. The van der Waals surface area contributed by atoms with E-state index in [1.165, 1.54) is 0 Å². The first-order valence-corrected chi connectivity index (χ1v) is 10.2. The fourth-order valence-corrected chi connectivity index (χ4v) is 3.90. The molecule has 0 aliphatic heterocycles. The number of anilines is 2. The quantitative estimate of drug-likeness (QED) is 0.324.